The molecular formula is C18H24ClN3O2. The Morgan fingerprint density at radius 2 is 1.67 bits per heavy atom. The summed E-state index contributed by atoms with van der Waals surface area (Å²) < 4.78 is 0. The van der Waals surface area contributed by atoms with Crippen molar-refractivity contribution in [3.8, 4) is 0 Å². The van der Waals surface area contributed by atoms with E-state index in [-0.39, 0.29) is 18.0 Å². The lowest BCUT2D eigenvalue weighted by atomic mass is 10.0. The van der Waals surface area contributed by atoms with Crippen LogP contribution in [0.2, 0.25) is 5.02 Å². The Labute approximate surface area is 147 Å². The van der Waals surface area contributed by atoms with Gasteiger partial charge in [0.25, 0.3) is 5.91 Å². The molecule has 1 aliphatic heterocycles. The Bertz CT molecular complexity index is 594. The average Bonchev–Trinajstić information content (AvgIpc) is 3.08. The lowest BCUT2D eigenvalue weighted by Crippen LogP contribution is -2.51. The molecule has 1 saturated carbocycles. The summed E-state index contributed by atoms with van der Waals surface area (Å²) in [4.78, 5) is 26.4. The van der Waals surface area contributed by atoms with Gasteiger partial charge in [0, 0.05) is 35.8 Å². The highest BCUT2D eigenvalue weighted by molar-refractivity contribution is 6.30. The Balaban J connectivity index is 1.44. The first-order valence-electron chi connectivity index (χ1n) is 8.74. The van der Waals surface area contributed by atoms with E-state index in [2.05, 4.69) is 10.6 Å². The van der Waals surface area contributed by atoms with Crippen molar-refractivity contribution in [1.29, 1.82) is 0 Å². The molecule has 3 rings (SSSR count). The van der Waals surface area contributed by atoms with Gasteiger partial charge in [-0.1, -0.05) is 30.5 Å². The standard InChI is InChI=1S/C18H24ClN3O2/c19-14-5-3-4-13(12-14)17(23)20-16-8-10-22(11-9-16)18(24)21-15-6-1-2-7-15/h3-5,12,15-16H,1-2,6-11H2,(H,20,23)(H,21,24). The van der Waals surface area contributed by atoms with Crippen molar-refractivity contribution in [2.75, 3.05) is 13.1 Å². The summed E-state index contributed by atoms with van der Waals surface area (Å²) in [6, 6.07) is 7.44. The molecule has 24 heavy (non-hydrogen) atoms. The zero-order valence-corrected chi connectivity index (χ0v) is 14.5. The van der Waals surface area contributed by atoms with E-state index in [0.717, 1.165) is 25.7 Å². The van der Waals surface area contributed by atoms with Crippen LogP contribution < -0.4 is 10.6 Å². The molecule has 130 valence electrons. The van der Waals surface area contributed by atoms with Crippen LogP contribution in [0.25, 0.3) is 0 Å². The third kappa shape index (κ3) is 4.41. The second-order valence-corrected chi connectivity index (χ2v) is 7.11. The second-order valence-electron chi connectivity index (χ2n) is 6.68. The molecular weight excluding hydrogens is 326 g/mol. The molecule has 0 radical (unpaired) electrons. The van der Waals surface area contributed by atoms with Gasteiger partial charge in [-0.2, -0.15) is 0 Å². The summed E-state index contributed by atoms with van der Waals surface area (Å²) in [7, 11) is 0. The summed E-state index contributed by atoms with van der Waals surface area (Å²) in [6.07, 6.45) is 6.18. The van der Waals surface area contributed by atoms with Gasteiger partial charge in [-0.15, -0.1) is 0 Å². The molecule has 0 unspecified atom stereocenters. The van der Waals surface area contributed by atoms with Crippen LogP contribution in [0.5, 0.6) is 0 Å². The highest BCUT2D eigenvalue weighted by Crippen LogP contribution is 2.19. The number of halogens is 1. The van der Waals surface area contributed by atoms with E-state index in [1.165, 1.54) is 12.8 Å². The van der Waals surface area contributed by atoms with Crippen LogP contribution in [0.1, 0.15) is 48.9 Å². The maximum atomic E-state index is 12.3. The molecule has 6 heteroatoms. The van der Waals surface area contributed by atoms with Crippen LogP contribution in [-0.4, -0.2) is 42.0 Å². The molecule has 0 bridgehead atoms. The zero-order valence-electron chi connectivity index (χ0n) is 13.8. The highest BCUT2D eigenvalue weighted by Gasteiger charge is 2.26. The predicted molar refractivity (Wildman–Crippen MR) is 94.3 cm³/mol. The van der Waals surface area contributed by atoms with Crippen molar-refractivity contribution >= 4 is 23.5 Å². The minimum Gasteiger partial charge on any atom is -0.349 e. The summed E-state index contributed by atoms with van der Waals surface area (Å²) in [6.45, 7) is 1.36. The molecule has 2 N–H and O–H groups in total. The van der Waals surface area contributed by atoms with Crippen LogP contribution in [0, 0.1) is 0 Å². The van der Waals surface area contributed by atoms with Gasteiger partial charge in [0.1, 0.15) is 0 Å². The third-order valence-electron chi connectivity index (χ3n) is 4.89. The number of nitrogens with one attached hydrogen (secondary N) is 2. The van der Waals surface area contributed by atoms with Gasteiger partial charge in [0.05, 0.1) is 0 Å². The van der Waals surface area contributed by atoms with Crippen LogP contribution in [0.15, 0.2) is 24.3 Å². The smallest absolute Gasteiger partial charge is 0.317 e. The van der Waals surface area contributed by atoms with Crippen LogP contribution in [0.4, 0.5) is 4.79 Å². The molecule has 1 aliphatic carbocycles. The van der Waals surface area contributed by atoms with Gasteiger partial charge in [-0.3, -0.25) is 4.79 Å². The van der Waals surface area contributed by atoms with Gasteiger partial charge >= 0.3 is 6.03 Å². The first-order valence-corrected chi connectivity index (χ1v) is 9.11. The maximum absolute atomic E-state index is 12.3. The molecule has 1 saturated heterocycles. The Hall–Kier alpha value is -1.75. The second kappa shape index (κ2) is 7.88. The number of nitrogens with zero attached hydrogens (tertiary/aromatic N) is 1. The number of carbonyl (C=O) groups is 2. The van der Waals surface area contributed by atoms with Gasteiger partial charge in [-0.05, 0) is 43.9 Å². The van der Waals surface area contributed by atoms with E-state index in [1.54, 1.807) is 24.3 Å². The summed E-state index contributed by atoms with van der Waals surface area (Å²) in [5.74, 6) is -0.105. The topological polar surface area (TPSA) is 61.4 Å². The molecule has 0 aromatic heterocycles. The molecule has 1 aromatic carbocycles. The van der Waals surface area contributed by atoms with Gasteiger partial charge in [0.15, 0.2) is 0 Å². The Morgan fingerprint density at radius 3 is 2.33 bits per heavy atom. The predicted octanol–water partition coefficient (Wildman–Crippen LogP) is 3.19. The van der Waals surface area contributed by atoms with Crippen molar-refractivity contribution < 1.29 is 9.59 Å². The fourth-order valence-corrected chi connectivity index (χ4v) is 3.65. The first kappa shape index (κ1) is 17.1. The van der Waals surface area contributed by atoms with Crippen molar-refractivity contribution in [3.63, 3.8) is 0 Å². The SMILES string of the molecule is O=C(NC1CCN(C(=O)NC2CCCC2)CC1)c1cccc(Cl)c1. The summed E-state index contributed by atoms with van der Waals surface area (Å²) in [5.41, 5.74) is 0.573. The minimum absolute atomic E-state index is 0.0431. The zero-order chi connectivity index (χ0) is 16.9. The quantitative estimate of drug-likeness (QED) is 0.880. The summed E-state index contributed by atoms with van der Waals surface area (Å²) in [5, 5.41) is 6.72. The number of hydrogen-bond acceptors (Lipinski definition) is 2. The number of benzene rings is 1. The number of urea groups is 1. The fraction of sp³-hybridized carbons (Fsp3) is 0.556. The highest BCUT2D eigenvalue weighted by atomic mass is 35.5. The first-order chi connectivity index (χ1) is 11.6. The van der Waals surface area contributed by atoms with Gasteiger partial charge in [0.2, 0.25) is 0 Å². The molecule has 0 spiro atoms. The lowest BCUT2D eigenvalue weighted by molar-refractivity contribution is 0.0917. The van der Waals surface area contributed by atoms with E-state index < -0.39 is 0 Å². The van der Waals surface area contributed by atoms with Gasteiger partial charge < -0.3 is 15.5 Å². The normalized spacial score (nSPS) is 19.3. The average molecular weight is 350 g/mol. The minimum atomic E-state index is -0.105. The van der Waals surface area contributed by atoms with Crippen LogP contribution >= 0.6 is 11.6 Å². The van der Waals surface area contributed by atoms with E-state index >= 15 is 0 Å². The number of carbonyl (C=O) groups excluding carboxylic acids is 2. The van der Waals surface area contributed by atoms with E-state index in [9.17, 15) is 9.59 Å². The summed E-state index contributed by atoms with van der Waals surface area (Å²) >= 11 is 5.92. The van der Waals surface area contributed by atoms with Crippen molar-refractivity contribution in [1.82, 2.24) is 15.5 Å². The molecule has 2 fully saturated rings. The van der Waals surface area contributed by atoms with Crippen LogP contribution in [-0.2, 0) is 0 Å². The van der Waals surface area contributed by atoms with Gasteiger partial charge in [-0.25, -0.2) is 4.79 Å². The molecule has 3 amide bonds. The number of hydrogen-bond donors (Lipinski definition) is 2. The molecule has 1 heterocycles. The largest absolute Gasteiger partial charge is 0.349 e. The van der Waals surface area contributed by atoms with Crippen molar-refractivity contribution in [2.24, 2.45) is 0 Å². The number of rotatable bonds is 3. The molecule has 0 atom stereocenters. The molecule has 1 aromatic rings. The third-order valence-corrected chi connectivity index (χ3v) is 5.12. The number of amides is 3. The van der Waals surface area contributed by atoms with E-state index in [1.807, 2.05) is 4.90 Å². The van der Waals surface area contributed by atoms with Crippen LogP contribution in [0.3, 0.4) is 0 Å². The van der Waals surface area contributed by atoms with E-state index in [4.69, 9.17) is 11.6 Å². The molecule has 2 aliphatic rings. The fourth-order valence-electron chi connectivity index (χ4n) is 3.46. The molecule has 5 nitrogen and oxygen atoms in total. The monoisotopic (exact) mass is 349 g/mol. The van der Waals surface area contributed by atoms with E-state index in [0.29, 0.717) is 29.7 Å². The van der Waals surface area contributed by atoms with Crippen molar-refractivity contribution in [2.45, 2.75) is 50.6 Å². The lowest BCUT2D eigenvalue weighted by Gasteiger charge is -2.33. The Kier molecular flexibility index (Phi) is 5.61. The number of piperidine rings is 1. The number of likely N-dealkylation sites (tertiary alicyclic amines) is 1. The Morgan fingerprint density at radius 1 is 1.00 bits per heavy atom. The van der Waals surface area contributed by atoms with Crippen molar-refractivity contribution in [3.05, 3.63) is 34.9 Å². The maximum Gasteiger partial charge on any atom is 0.317 e.